The number of amides is 2. The third kappa shape index (κ3) is 8.43. The van der Waals surface area contributed by atoms with Gasteiger partial charge in [0.05, 0.1) is 31.3 Å². The van der Waals surface area contributed by atoms with Crippen molar-refractivity contribution < 1.29 is 29.0 Å². The average Bonchev–Trinajstić information content (AvgIpc) is 3.44. The summed E-state index contributed by atoms with van der Waals surface area (Å²) in [7, 11) is 0. The SMILES string of the molecule is CC(NC(=O)C(C)NC(=O)C(CCC1CO1)NCC(=O)C(C)NN)C(=O)O. The van der Waals surface area contributed by atoms with Crippen molar-refractivity contribution in [3.05, 3.63) is 0 Å². The van der Waals surface area contributed by atoms with Gasteiger partial charge in [-0.2, -0.15) is 0 Å². The number of epoxide rings is 1. The molecule has 11 nitrogen and oxygen atoms in total. The van der Waals surface area contributed by atoms with Crippen molar-refractivity contribution >= 4 is 23.6 Å². The summed E-state index contributed by atoms with van der Waals surface area (Å²) in [6, 6.07) is -3.26. The van der Waals surface area contributed by atoms with Gasteiger partial charge in [-0.3, -0.25) is 35.8 Å². The number of carboxylic acid groups (broad SMARTS) is 1. The second-order valence-electron chi connectivity index (χ2n) is 6.62. The molecule has 7 N–H and O–H groups in total. The van der Waals surface area contributed by atoms with Crippen LogP contribution in [0, 0.1) is 0 Å². The van der Waals surface area contributed by atoms with Gasteiger partial charge in [0.1, 0.15) is 12.1 Å². The molecule has 2 amide bonds. The van der Waals surface area contributed by atoms with Gasteiger partial charge in [-0.05, 0) is 33.6 Å². The number of nitrogens with two attached hydrogens (primary N) is 1. The average molecular weight is 387 g/mol. The summed E-state index contributed by atoms with van der Waals surface area (Å²) >= 11 is 0. The van der Waals surface area contributed by atoms with E-state index < -0.39 is 42.0 Å². The summed E-state index contributed by atoms with van der Waals surface area (Å²) in [6.45, 7) is 4.97. The molecule has 0 spiro atoms. The van der Waals surface area contributed by atoms with Crippen LogP contribution in [-0.4, -0.2) is 72.1 Å². The van der Waals surface area contributed by atoms with E-state index in [0.717, 1.165) is 0 Å². The van der Waals surface area contributed by atoms with Gasteiger partial charge in [0.2, 0.25) is 11.8 Å². The largest absolute Gasteiger partial charge is 0.480 e. The molecule has 0 aromatic heterocycles. The predicted octanol–water partition coefficient (Wildman–Crippen LogP) is -2.36. The minimum atomic E-state index is -1.17. The van der Waals surface area contributed by atoms with E-state index in [9.17, 15) is 19.2 Å². The molecule has 0 bridgehead atoms. The van der Waals surface area contributed by atoms with Gasteiger partial charge in [0, 0.05) is 0 Å². The summed E-state index contributed by atoms with van der Waals surface area (Å²) in [5.41, 5.74) is 2.34. The lowest BCUT2D eigenvalue weighted by molar-refractivity contribution is -0.141. The third-order valence-electron chi connectivity index (χ3n) is 4.23. The van der Waals surface area contributed by atoms with E-state index in [1.165, 1.54) is 13.8 Å². The van der Waals surface area contributed by atoms with Gasteiger partial charge >= 0.3 is 5.97 Å². The van der Waals surface area contributed by atoms with Crippen LogP contribution in [0.2, 0.25) is 0 Å². The smallest absolute Gasteiger partial charge is 0.325 e. The monoisotopic (exact) mass is 387 g/mol. The first-order chi connectivity index (χ1) is 12.6. The molecule has 1 fully saturated rings. The lowest BCUT2D eigenvalue weighted by Gasteiger charge is -2.22. The quantitative estimate of drug-likeness (QED) is 0.115. The van der Waals surface area contributed by atoms with Crippen molar-refractivity contribution in [2.75, 3.05) is 13.2 Å². The number of hydrogen-bond donors (Lipinski definition) is 6. The topological polar surface area (TPSA) is 175 Å². The predicted molar refractivity (Wildman–Crippen MR) is 95.4 cm³/mol. The highest BCUT2D eigenvalue weighted by molar-refractivity contribution is 5.92. The molecular formula is C16H29N5O6. The minimum absolute atomic E-state index is 0.0639. The number of carbonyl (C=O) groups is 4. The fraction of sp³-hybridized carbons (Fsp3) is 0.750. The Morgan fingerprint density at radius 2 is 1.67 bits per heavy atom. The number of carboxylic acids is 1. The van der Waals surface area contributed by atoms with E-state index in [-0.39, 0.29) is 18.4 Å². The van der Waals surface area contributed by atoms with Crippen LogP contribution >= 0.6 is 0 Å². The van der Waals surface area contributed by atoms with Crippen molar-refractivity contribution in [2.24, 2.45) is 5.84 Å². The van der Waals surface area contributed by atoms with Crippen LogP contribution in [0.25, 0.3) is 0 Å². The van der Waals surface area contributed by atoms with E-state index in [0.29, 0.717) is 19.4 Å². The molecule has 1 aliphatic heterocycles. The molecule has 154 valence electrons. The Kier molecular flexibility index (Phi) is 9.29. The zero-order valence-electron chi connectivity index (χ0n) is 15.8. The molecule has 0 aliphatic carbocycles. The fourth-order valence-corrected chi connectivity index (χ4v) is 2.16. The Morgan fingerprint density at radius 3 is 2.19 bits per heavy atom. The lowest BCUT2D eigenvalue weighted by Crippen LogP contribution is -2.54. The minimum Gasteiger partial charge on any atom is -0.480 e. The summed E-state index contributed by atoms with van der Waals surface area (Å²) < 4.78 is 5.13. The summed E-state index contributed by atoms with van der Waals surface area (Å²) in [5, 5.41) is 16.5. The van der Waals surface area contributed by atoms with Gasteiger partial charge in [0.25, 0.3) is 0 Å². The van der Waals surface area contributed by atoms with Crippen molar-refractivity contribution in [3.63, 3.8) is 0 Å². The molecule has 0 radical (unpaired) electrons. The Bertz CT molecular complexity index is 553. The molecule has 0 saturated carbocycles. The molecule has 1 saturated heterocycles. The van der Waals surface area contributed by atoms with Crippen LogP contribution in [0.5, 0.6) is 0 Å². The number of hydrogen-bond acceptors (Lipinski definition) is 8. The second kappa shape index (κ2) is 10.9. The molecule has 0 aromatic rings. The third-order valence-corrected chi connectivity index (χ3v) is 4.23. The van der Waals surface area contributed by atoms with Gasteiger partial charge in [0.15, 0.2) is 5.78 Å². The molecule has 1 aliphatic rings. The van der Waals surface area contributed by atoms with E-state index in [2.05, 4.69) is 21.4 Å². The fourth-order valence-electron chi connectivity index (χ4n) is 2.16. The maximum atomic E-state index is 12.5. The van der Waals surface area contributed by atoms with Crippen molar-refractivity contribution in [1.82, 2.24) is 21.4 Å². The first-order valence-electron chi connectivity index (χ1n) is 8.83. The Balaban J connectivity index is 2.58. The van der Waals surface area contributed by atoms with Crippen molar-refractivity contribution in [1.29, 1.82) is 0 Å². The highest BCUT2D eigenvalue weighted by Crippen LogP contribution is 2.16. The summed E-state index contributed by atoms with van der Waals surface area (Å²) in [4.78, 5) is 47.2. The number of carbonyl (C=O) groups excluding carboxylic acids is 3. The van der Waals surface area contributed by atoms with E-state index in [1.54, 1.807) is 6.92 Å². The van der Waals surface area contributed by atoms with Crippen molar-refractivity contribution in [2.45, 2.75) is 63.9 Å². The van der Waals surface area contributed by atoms with Gasteiger partial charge in [-0.25, -0.2) is 0 Å². The molecule has 1 rings (SSSR count). The number of ketones is 1. The lowest BCUT2D eigenvalue weighted by atomic mass is 10.1. The maximum Gasteiger partial charge on any atom is 0.325 e. The van der Waals surface area contributed by atoms with E-state index in [4.69, 9.17) is 15.7 Å². The number of nitrogens with one attached hydrogen (secondary N) is 4. The number of rotatable bonds is 13. The van der Waals surface area contributed by atoms with Crippen LogP contribution in [0.4, 0.5) is 0 Å². The van der Waals surface area contributed by atoms with Crippen molar-refractivity contribution in [3.8, 4) is 0 Å². The van der Waals surface area contributed by atoms with Crippen LogP contribution < -0.4 is 27.2 Å². The van der Waals surface area contributed by atoms with Crippen LogP contribution in [0.15, 0.2) is 0 Å². The first-order valence-corrected chi connectivity index (χ1v) is 8.83. The van der Waals surface area contributed by atoms with Gasteiger partial charge < -0.3 is 20.5 Å². The number of hydrazine groups is 1. The summed E-state index contributed by atoms with van der Waals surface area (Å²) in [5.74, 6) is 2.77. The number of ether oxygens (including phenoxy) is 1. The zero-order valence-corrected chi connectivity index (χ0v) is 15.8. The van der Waals surface area contributed by atoms with Crippen LogP contribution in [0.1, 0.15) is 33.6 Å². The van der Waals surface area contributed by atoms with Crippen LogP contribution in [-0.2, 0) is 23.9 Å². The van der Waals surface area contributed by atoms with Gasteiger partial charge in [-0.1, -0.05) is 0 Å². The summed E-state index contributed by atoms with van der Waals surface area (Å²) in [6.07, 6.45) is 1.17. The highest BCUT2D eigenvalue weighted by Gasteiger charge is 2.29. The van der Waals surface area contributed by atoms with Crippen LogP contribution in [0.3, 0.4) is 0 Å². The Labute approximate surface area is 157 Å². The number of Topliss-reactive ketones (excluding diaryl/α,β-unsaturated/α-hetero) is 1. The standard InChI is InChI=1S/C16H29N5O6/c1-8(21-17)13(22)6-18-12(5-4-11-7-27-11)15(24)19-9(2)14(23)20-10(3)16(25)26/h8-12,18,21H,4-7,17H2,1-3H3,(H,19,24)(H,20,23)(H,25,26). The molecule has 5 atom stereocenters. The zero-order chi connectivity index (χ0) is 20.6. The molecule has 11 heteroatoms. The molecule has 27 heavy (non-hydrogen) atoms. The Morgan fingerprint density at radius 1 is 1.07 bits per heavy atom. The molecular weight excluding hydrogens is 358 g/mol. The first kappa shape index (κ1) is 23.0. The second-order valence-corrected chi connectivity index (χ2v) is 6.62. The molecule has 0 aromatic carbocycles. The van der Waals surface area contributed by atoms with E-state index >= 15 is 0 Å². The van der Waals surface area contributed by atoms with E-state index in [1.807, 2.05) is 0 Å². The normalized spacial score (nSPS) is 20.1. The Hall–Kier alpha value is -2.08. The number of aliphatic carboxylic acids is 1. The molecule has 5 unspecified atom stereocenters. The maximum absolute atomic E-state index is 12.5. The molecule has 1 heterocycles. The van der Waals surface area contributed by atoms with Gasteiger partial charge in [-0.15, -0.1) is 0 Å². The highest BCUT2D eigenvalue weighted by atomic mass is 16.6.